The zero-order valence-corrected chi connectivity index (χ0v) is 9.67. The predicted molar refractivity (Wildman–Crippen MR) is 59.4 cm³/mol. The third-order valence-corrected chi connectivity index (χ3v) is 2.55. The molecular formula is C9H10N2O5S. The summed E-state index contributed by atoms with van der Waals surface area (Å²) in [4.78, 5) is 32.6. The Balaban J connectivity index is 2.50. The van der Waals surface area contributed by atoms with Crippen LogP contribution < -0.4 is 15.4 Å². The number of thiophene rings is 1. The molecule has 0 bridgehead atoms. The molecule has 0 unspecified atom stereocenters. The van der Waals surface area contributed by atoms with E-state index < -0.39 is 24.5 Å². The first kappa shape index (κ1) is 13.0. The van der Waals surface area contributed by atoms with Gasteiger partial charge in [0.1, 0.15) is 5.75 Å². The summed E-state index contributed by atoms with van der Waals surface area (Å²) in [6.45, 7) is -0.426. The van der Waals surface area contributed by atoms with Crippen molar-refractivity contribution in [2.24, 2.45) is 0 Å². The number of rotatable bonds is 4. The van der Waals surface area contributed by atoms with Gasteiger partial charge in [-0.1, -0.05) is 0 Å². The number of hydrogen-bond donors (Lipinski definition) is 3. The van der Waals surface area contributed by atoms with Gasteiger partial charge in [-0.15, -0.1) is 11.3 Å². The number of aromatic carboxylic acids is 1. The number of urea groups is 1. The lowest BCUT2D eigenvalue weighted by Gasteiger charge is -2.05. The highest BCUT2D eigenvalue weighted by molar-refractivity contribution is 7.12. The first-order valence-corrected chi connectivity index (χ1v) is 5.37. The van der Waals surface area contributed by atoms with E-state index in [0.29, 0.717) is 0 Å². The molecule has 3 amide bonds. The molecule has 0 aliphatic rings. The zero-order chi connectivity index (χ0) is 12.8. The number of carbonyl (C=O) groups is 3. The van der Waals surface area contributed by atoms with Gasteiger partial charge in [-0.3, -0.25) is 10.1 Å². The quantitative estimate of drug-likeness (QED) is 0.719. The largest absolute Gasteiger partial charge is 0.482 e. The molecule has 3 N–H and O–H groups in total. The summed E-state index contributed by atoms with van der Waals surface area (Å²) in [5.74, 6) is -1.68. The molecule has 1 heterocycles. The molecule has 0 saturated carbocycles. The summed E-state index contributed by atoms with van der Waals surface area (Å²) in [5, 5.41) is 14.5. The minimum atomic E-state index is -1.12. The molecule has 1 aromatic heterocycles. The van der Waals surface area contributed by atoms with E-state index in [1.54, 1.807) is 0 Å². The van der Waals surface area contributed by atoms with Crippen LogP contribution in [0.2, 0.25) is 0 Å². The van der Waals surface area contributed by atoms with E-state index in [9.17, 15) is 14.4 Å². The number of imide groups is 1. The second-order valence-electron chi connectivity index (χ2n) is 2.84. The van der Waals surface area contributed by atoms with Gasteiger partial charge < -0.3 is 15.2 Å². The Hall–Kier alpha value is -2.09. The smallest absolute Gasteiger partial charge is 0.349 e. The fourth-order valence-corrected chi connectivity index (χ4v) is 1.61. The monoisotopic (exact) mass is 258 g/mol. The SMILES string of the molecule is CNC(=O)NC(=O)COc1ccsc1C(=O)O. The Morgan fingerprint density at radius 1 is 1.47 bits per heavy atom. The first-order valence-electron chi connectivity index (χ1n) is 4.49. The molecule has 92 valence electrons. The Morgan fingerprint density at radius 2 is 2.18 bits per heavy atom. The van der Waals surface area contributed by atoms with Crippen LogP contribution in [0.3, 0.4) is 0 Å². The number of amides is 3. The summed E-state index contributed by atoms with van der Waals surface area (Å²) >= 11 is 0.992. The molecule has 7 nitrogen and oxygen atoms in total. The van der Waals surface area contributed by atoms with E-state index in [1.165, 1.54) is 18.5 Å². The fraction of sp³-hybridized carbons (Fsp3) is 0.222. The summed E-state index contributed by atoms with van der Waals surface area (Å²) in [5.41, 5.74) is 0. The highest BCUT2D eigenvalue weighted by Gasteiger charge is 2.14. The van der Waals surface area contributed by atoms with Gasteiger partial charge >= 0.3 is 12.0 Å². The molecule has 0 saturated heterocycles. The normalized spacial score (nSPS) is 9.47. The summed E-state index contributed by atoms with van der Waals surface area (Å²) in [6.07, 6.45) is 0. The predicted octanol–water partition coefficient (Wildman–Crippen LogP) is 0.281. The van der Waals surface area contributed by atoms with Crippen LogP contribution in [-0.4, -0.2) is 36.7 Å². The van der Waals surface area contributed by atoms with Crippen LogP contribution in [0, 0.1) is 0 Å². The minimum Gasteiger partial charge on any atom is -0.482 e. The second kappa shape index (κ2) is 5.85. The van der Waals surface area contributed by atoms with Crippen molar-refractivity contribution in [3.63, 3.8) is 0 Å². The number of nitrogens with one attached hydrogen (secondary N) is 2. The van der Waals surface area contributed by atoms with E-state index in [2.05, 4.69) is 5.32 Å². The van der Waals surface area contributed by atoms with E-state index in [0.717, 1.165) is 11.3 Å². The van der Waals surface area contributed by atoms with Crippen LogP contribution in [0.15, 0.2) is 11.4 Å². The topological polar surface area (TPSA) is 105 Å². The lowest BCUT2D eigenvalue weighted by molar-refractivity contribution is -0.122. The van der Waals surface area contributed by atoms with Crippen molar-refractivity contribution in [1.29, 1.82) is 0 Å². The Bertz CT molecular complexity index is 442. The lowest BCUT2D eigenvalue weighted by atomic mass is 10.4. The van der Waals surface area contributed by atoms with Crippen molar-refractivity contribution in [2.45, 2.75) is 0 Å². The van der Waals surface area contributed by atoms with Crippen LogP contribution >= 0.6 is 11.3 Å². The molecule has 0 aliphatic heterocycles. The van der Waals surface area contributed by atoms with E-state index in [4.69, 9.17) is 9.84 Å². The molecule has 0 atom stereocenters. The van der Waals surface area contributed by atoms with Gasteiger partial charge in [-0.25, -0.2) is 9.59 Å². The molecule has 0 aliphatic carbocycles. The number of hydrogen-bond acceptors (Lipinski definition) is 5. The zero-order valence-electron chi connectivity index (χ0n) is 8.85. The Labute approximate surface area is 100 Å². The molecule has 0 radical (unpaired) electrons. The first-order chi connectivity index (χ1) is 8.04. The van der Waals surface area contributed by atoms with Crippen molar-refractivity contribution in [3.8, 4) is 5.75 Å². The van der Waals surface area contributed by atoms with Crippen LogP contribution in [0.25, 0.3) is 0 Å². The number of carboxylic acids is 1. The van der Waals surface area contributed by atoms with Crippen LogP contribution in [-0.2, 0) is 4.79 Å². The average molecular weight is 258 g/mol. The van der Waals surface area contributed by atoms with Crippen molar-refractivity contribution >= 4 is 29.2 Å². The number of ether oxygens (including phenoxy) is 1. The van der Waals surface area contributed by atoms with Gasteiger partial charge in [0.2, 0.25) is 0 Å². The standard InChI is InChI=1S/C9H10N2O5S/c1-10-9(15)11-6(12)4-16-5-2-3-17-7(5)8(13)14/h2-3H,4H2,1H3,(H,13,14)(H2,10,11,12,15). The summed E-state index contributed by atoms with van der Waals surface area (Å²) in [6, 6.07) is 0.795. The van der Waals surface area contributed by atoms with Crippen LogP contribution in [0.1, 0.15) is 9.67 Å². The lowest BCUT2D eigenvalue weighted by Crippen LogP contribution is -2.40. The van der Waals surface area contributed by atoms with Gasteiger partial charge in [0, 0.05) is 7.05 Å². The maximum Gasteiger partial charge on any atom is 0.349 e. The van der Waals surface area contributed by atoms with E-state index >= 15 is 0 Å². The number of carboxylic acid groups (broad SMARTS) is 1. The summed E-state index contributed by atoms with van der Waals surface area (Å²) in [7, 11) is 1.37. The summed E-state index contributed by atoms with van der Waals surface area (Å²) < 4.78 is 4.98. The molecule has 0 aromatic carbocycles. The Kier molecular flexibility index (Phi) is 4.46. The molecule has 0 spiro atoms. The van der Waals surface area contributed by atoms with Gasteiger partial charge in [0.15, 0.2) is 11.5 Å². The fourth-order valence-electron chi connectivity index (χ4n) is 0.936. The van der Waals surface area contributed by atoms with Gasteiger partial charge in [-0.05, 0) is 11.4 Å². The maximum absolute atomic E-state index is 11.1. The maximum atomic E-state index is 11.1. The highest BCUT2D eigenvalue weighted by atomic mass is 32.1. The van der Waals surface area contributed by atoms with Crippen molar-refractivity contribution in [1.82, 2.24) is 10.6 Å². The van der Waals surface area contributed by atoms with Gasteiger partial charge in [-0.2, -0.15) is 0 Å². The molecule has 17 heavy (non-hydrogen) atoms. The van der Waals surface area contributed by atoms with E-state index in [1.807, 2.05) is 5.32 Å². The van der Waals surface area contributed by atoms with Crippen molar-refractivity contribution in [2.75, 3.05) is 13.7 Å². The molecule has 8 heteroatoms. The van der Waals surface area contributed by atoms with Crippen LogP contribution in [0.5, 0.6) is 5.75 Å². The van der Waals surface area contributed by atoms with Gasteiger partial charge in [0.05, 0.1) is 0 Å². The third-order valence-electron chi connectivity index (χ3n) is 1.66. The van der Waals surface area contributed by atoms with Gasteiger partial charge in [0.25, 0.3) is 5.91 Å². The molecule has 1 rings (SSSR count). The van der Waals surface area contributed by atoms with E-state index in [-0.39, 0.29) is 10.6 Å². The highest BCUT2D eigenvalue weighted by Crippen LogP contribution is 2.24. The molecular weight excluding hydrogens is 248 g/mol. The third kappa shape index (κ3) is 3.76. The molecule has 0 fully saturated rings. The van der Waals surface area contributed by atoms with Crippen molar-refractivity contribution in [3.05, 3.63) is 16.3 Å². The number of carbonyl (C=O) groups excluding carboxylic acids is 2. The second-order valence-corrected chi connectivity index (χ2v) is 3.75. The minimum absolute atomic E-state index is 0.0118. The molecule has 1 aromatic rings. The Morgan fingerprint density at radius 3 is 2.76 bits per heavy atom. The average Bonchev–Trinajstić information content (AvgIpc) is 2.74. The van der Waals surface area contributed by atoms with Crippen molar-refractivity contribution < 1.29 is 24.2 Å². The van der Waals surface area contributed by atoms with Crippen LogP contribution in [0.4, 0.5) is 4.79 Å².